The van der Waals surface area contributed by atoms with Gasteiger partial charge in [-0.3, -0.25) is 4.68 Å². The first-order valence-corrected chi connectivity index (χ1v) is 6.83. The Morgan fingerprint density at radius 1 is 1.24 bits per heavy atom. The first-order chi connectivity index (χ1) is 10.1. The fourth-order valence-electron chi connectivity index (χ4n) is 1.78. The molecule has 0 aliphatic carbocycles. The van der Waals surface area contributed by atoms with Crippen molar-refractivity contribution in [2.45, 2.75) is 13.5 Å². The zero-order valence-electron chi connectivity index (χ0n) is 12.3. The Hall–Kier alpha value is -2.50. The van der Waals surface area contributed by atoms with Crippen LogP contribution in [0.25, 0.3) is 0 Å². The molecule has 0 spiro atoms. The van der Waals surface area contributed by atoms with Crippen molar-refractivity contribution in [1.29, 1.82) is 0 Å². The summed E-state index contributed by atoms with van der Waals surface area (Å²) in [6.07, 6.45) is 1.70. The van der Waals surface area contributed by atoms with Crippen LogP contribution in [0, 0.1) is 6.92 Å². The van der Waals surface area contributed by atoms with Gasteiger partial charge in [0.1, 0.15) is 12.4 Å². The van der Waals surface area contributed by atoms with Crippen LogP contribution in [-0.4, -0.2) is 29.0 Å². The number of amides is 2. The largest absolute Gasteiger partial charge is 0.492 e. The van der Waals surface area contributed by atoms with Crippen LogP contribution in [-0.2, 0) is 13.6 Å². The third-order valence-electron chi connectivity index (χ3n) is 3.03. The quantitative estimate of drug-likeness (QED) is 0.793. The molecule has 0 aliphatic heterocycles. The molecule has 0 radical (unpaired) electrons. The molecule has 0 saturated heterocycles. The topological polar surface area (TPSA) is 68.2 Å². The smallest absolute Gasteiger partial charge is 0.315 e. The van der Waals surface area contributed by atoms with E-state index in [9.17, 15) is 4.79 Å². The molecule has 0 saturated carbocycles. The molecule has 2 amide bonds. The van der Waals surface area contributed by atoms with E-state index in [2.05, 4.69) is 15.7 Å². The molecule has 1 aromatic carbocycles. The van der Waals surface area contributed by atoms with Crippen molar-refractivity contribution in [1.82, 2.24) is 20.4 Å². The molecule has 1 heterocycles. The average Bonchev–Trinajstić information content (AvgIpc) is 2.89. The zero-order valence-corrected chi connectivity index (χ0v) is 12.3. The average molecular weight is 288 g/mol. The van der Waals surface area contributed by atoms with E-state index in [1.165, 1.54) is 5.56 Å². The lowest BCUT2D eigenvalue weighted by molar-refractivity contribution is 0.236. The van der Waals surface area contributed by atoms with E-state index in [1.807, 2.05) is 44.3 Å². The Kier molecular flexibility index (Phi) is 5.20. The summed E-state index contributed by atoms with van der Waals surface area (Å²) in [4.78, 5) is 11.6. The van der Waals surface area contributed by atoms with Crippen LogP contribution < -0.4 is 15.4 Å². The van der Waals surface area contributed by atoms with Crippen molar-refractivity contribution in [3.63, 3.8) is 0 Å². The standard InChI is InChI=1S/C15H20N4O2/c1-12-3-5-14(6-4-12)21-10-9-16-15(20)17-11-13-7-8-18-19(13)2/h3-8H,9-11H2,1-2H3,(H2,16,17,20). The number of benzene rings is 1. The summed E-state index contributed by atoms with van der Waals surface area (Å²) in [6, 6.07) is 9.45. The number of ether oxygens (including phenoxy) is 1. The Labute approximate surface area is 124 Å². The highest BCUT2D eigenvalue weighted by atomic mass is 16.5. The van der Waals surface area contributed by atoms with E-state index >= 15 is 0 Å². The van der Waals surface area contributed by atoms with Crippen molar-refractivity contribution in [3.05, 3.63) is 47.8 Å². The fourth-order valence-corrected chi connectivity index (χ4v) is 1.78. The van der Waals surface area contributed by atoms with Gasteiger partial charge in [0.15, 0.2) is 0 Å². The molecule has 0 bridgehead atoms. The van der Waals surface area contributed by atoms with Gasteiger partial charge in [-0.25, -0.2) is 4.79 Å². The minimum atomic E-state index is -0.219. The second-order valence-electron chi connectivity index (χ2n) is 4.72. The summed E-state index contributed by atoms with van der Waals surface area (Å²) < 4.78 is 7.25. The number of aryl methyl sites for hydroxylation is 2. The van der Waals surface area contributed by atoms with Gasteiger partial charge in [-0.1, -0.05) is 17.7 Å². The second kappa shape index (κ2) is 7.33. The molecule has 2 N–H and O–H groups in total. The van der Waals surface area contributed by atoms with Gasteiger partial charge in [-0.15, -0.1) is 0 Å². The Balaban J connectivity index is 1.61. The van der Waals surface area contributed by atoms with Gasteiger partial charge >= 0.3 is 6.03 Å². The van der Waals surface area contributed by atoms with E-state index in [1.54, 1.807) is 10.9 Å². The minimum absolute atomic E-state index is 0.219. The van der Waals surface area contributed by atoms with Gasteiger partial charge in [-0.2, -0.15) is 5.10 Å². The van der Waals surface area contributed by atoms with Gasteiger partial charge in [0, 0.05) is 13.2 Å². The lowest BCUT2D eigenvalue weighted by Gasteiger charge is -2.09. The van der Waals surface area contributed by atoms with Gasteiger partial charge < -0.3 is 15.4 Å². The molecule has 21 heavy (non-hydrogen) atoms. The van der Waals surface area contributed by atoms with E-state index in [4.69, 9.17) is 4.74 Å². The van der Waals surface area contributed by atoms with Crippen molar-refractivity contribution >= 4 is 6.03 Å². The van der Waals surface area contributed by atoms with Crippen LogP contribution in [0.2, 0.25) is 0 Å². The van der Waals surface area contributed by atoms with E-state index in [0.29, 0.717) is 19.7 Å². The Bertz CT molecular complexity index is 578. The molecule has 2 rings (SSSR count). The fraction of sp³-hybridized carbons (Fsp3) is 0.333. The van der Waals surface area contributed by atoms with E-state index < -0.39 is 0 Å². The second-order valence-corrected chi connectivity index (χ2v) is 4.72. The van der Waals surface area contributed by atoms with Crippen LogP contribution in [0.1, 0.15) is 11.3 Å². The summed E-state index contributed by atoms with van der Waals surface area (Å²) in [5.74, 6) is 0.803. The summed E-state index contributed by atoms with van der Waals surface area (Å²) >= 11 is 0. The molecule has 0 fully saturated rings. The maximum atomic E-state index is 11.6. The van der Waals surface area contributed by atoms with Crippen molar-refractivity contribution < 1.29 is 9.53 Å². The number of rotatable bonds is 6. The van der Waals surface area contributed by atoms with Crippen LogP contribution >= 0.6 is 0 Å². The summed E-state index contributed by atoms with van der Waals surface area (Å²) in [5.41, 5.74) is 2.14. The normalized spacial score (nSPS) is 10.2. The van der Waals surface area contributed by atoms with Gasteiger partial charge in [0.25, 0.3) is 0 Å². The molecule has 0 atom stereocenters. The number of aromatic nitrogens is 2. The predicted octanol–water partition coefficient (Wildman–Crippen LogP) is 1.61. The Morgan fingerprint density at radius 3 is 2.67 bits per heavy atom. The first-order valence-electron chi connectivity index (χ1n) is 6.83. The Morgan fingerprint density at radius 2 is 2.00 bits per heavy atom. The van der Waals surface area contributed by atoms with Crippen molar-refractivity contribution in [2.24, 2.45) is 7.05 Å². The minimum Gasteiger partial charge on any atom is -0.492 e. The van der Waals surface area contributed by atoms with Crippen LogP contribution in [0.3, 0.4) is 0 Å². The first kappa shape index (κ1) is 14.9. The number of carbonyl (C=O) groups excluding carboxylic acids is 1. The molecule has 0 unspecified atom stereocenters. The van der Waals surface area contributed by atoms with Crippen molar-refractivity contribution in [3.8, 4) is 5.75 Å². The summed E-state index contributed by atoms with van der Waals surface area (Å²) in [6.45, 7) is 3.35. The number of nitrogens with one attached hydrogen (secondary N) is 2. The molecule has 1 aromatic heterocycles. The predicted molar refractivity (Wildman–Crippen MR) is 80.1 cm³/mol. The molecular weight excluding hydrogens is 268 g/mol. The van der Waals surface area contributed by atoms with E-state index in [-0.39, 0.29) is 6.03 Å². The number of nitrogens with zero attached hydrogens (tertiary/aromatic N) is 2. The summed E-state index contributed by atoms with van der Waals surface area (Å²) in [7, 11) is 1.84. The van der Waals surface area contributed by atoms with Gasteiger partial charge in [-0.05, 0) is 25.1 Å². The van der Waals surface area contributed by atoms with Gasteiger partial charge in [0.05, 0.1) is 18.8 Å². The van der Waals surface area contributed by atoms with Crippen molar-refractivity contribution in [2.75, 3.05) is 13.2 Å². The summed E-state index contributed by atoms with van der Waals surface area (Å²) in [5, 5.41) is 9.54. The molecular formula is C15H20N4O2. The lowest BCUT2D eigenvalue weighted by atomic mass is 10.2. The third kappa shape index (κ3) is 4.83. The van der Waals surface area contributed by atoms with E-state index in [0.717, 1.165) is 11.4 Å². The molecule has 0 aliphatic rings. The highest BCUT2D eigenvalue weighted by Gasteiger charge is 2.02. The van der Waals surface area contributed by atoms with Crippen LogP contribution in [0.4, 0.5) is 4.79 Å². The monoisotopic (exact) mass is 288 g/mol. The third-order valence-corrected chi connectivity index (χ3v) is 3.03. The number of hydrogen-bond acceptors (Lipinski definition) is 3. The van der Waals surface area contributed by atoms with Gasteiger partial charge in [0.2, 0.25) is 0 Å². The number of hydrogen-bond donors (Lipinski definition) is 2. The molecule has 2 aromatic rings. The number of carbonyl (C=O) groups is 1. The molecule has 112 valence electrons. The number of urea groups is 1. The molecule has 6 nitrogen and oxygen atoms in total. The van der Waals surface area contributed by atoms with Crippen LogP contribution in [0.5, 0.6) is 5.75 Å². The highest BCUT2D eigenvalue weighted by molar-refractivity contribution is 5.73. The maximum absolute atomic E-state index is 11.6. The SMILES string of the molecule is Cc1ccc(OCCNC(=O)NCc2ccnn2C)cc1. The zero-order chi connectivity index (χ0) is 15.1. The molecule has 6 heteroatoms. The highest BCUT2D eigenvalue weighted by Crippen LogP contribution is 2.10. The maximum Gasteiger partial charge on any atom is 0.315 e. The van der Waals surface area contributed by atoms with Crippen LogP contribution in [0.15, 0.2) is 36.5 Å². The lowest BCUT2D eigenvalue weighted by Crippen LogP contribution is -2.37.